The lowest BCUT2D eigenvalue weighted by molar-refractivity contribution is -0.143. The van der Waals surface area contributed by atoms with Gasteiger partial charge in [-0.2, -0.15) is 5.10 Å². The average molecular weight is 489 g/mol. The third-order valence-corrected chi connectivity index (χ3v) is 7.09. The van der Waals surface area contributed by atoms with Crippen LogP contribution in [0.5, 0.6) is 0 Å². The van der Waals surface area contributed by atoms with Crippen LogP contribution in [0.2, 0.25) is 0 Å². The van der Waals surface area contributed by atoms with Crippen molar-refractivity contribution in [2.45, 2.75) is 40.2 Å². The van der Waals surface area contributed by atoms with Gasteiger partial charge in [-0.15, -0.1) is 0 Å². The van der Waals surface area contributed by atoms with E-state index in [-0.39, 0.29) is 5.91 Å². The van der Waals surface area contributed by atoms with E-state index >= 15 is 0 Å². The summed E-state index contributed by atoms with van der Waals surface area (Å²) in [6.45, 7) is 7.86. The Morgan fingerprint density at radius 3 is 2.34 bits per heavy atom. The highest BCUT2D eigenvalue weighted by atomic mass is 32.1. The van der Waals surface area contributed by atoms with E-state index in [1.54, 1.807) is 23.7 Å². The van der Waals surface area contributed by atoms with Crippen molar-refractivity contribution in [3.63, 3.8) is 0 Å². The summed E-state index contributed by atoms with van der Waals surface area (Å²) < 4.78 is 6.71. The zero-order chi connectivity index (χ0) is 25.1. The maximum absolute atomic E-state index is 13.2. The van der Waals surface area contributed by atoms with Gasteiger partial charge in [0.2, 0.25) is 5.13 Å². The van der Waals surface area contributed by atoms with Crippen molar-refractivity contribution >= 4 is 23.2 Å². The molecule has 2 aromatic heterocycles. The number of hydrogen-bond donors (Lipinski definition) is 1. The van der Waals surface area contributed by atoms with Crippen LogP contribution in [0, 0.1) is 27.7 Å². The Hall–Kier alpha value is -3.78. The van der Waals surface area contributed by atoms with Gasteiger partial charge in [-0.05, 0) is 38.8 Å². The van der Waals surface area contributed by atoms with Crippen LogP contribution in [0.1, 0.15) is 55.0 Å². The number of carbonyl (C=O) groups is 2. The van der Waals surface area contributed by atoms with Gasteiger partial charge in [-0.3, -0.25) is 4.79 Å². The highest BCUT2D eigenvalue weighted by Crippen LogP contribution is 2.27. The number of nitrogens with one attached hydrogen (secondary N) is 1. The highest BCUT2D eigenvalue weighted by molar-refractivity contribution is 7.16. The molecule has 0 aliphatic carbocycles. The number of nitrogens with zero attached hydrogens (tertiary/aromatic N) is 3. The molecule has 0 bridgehead atoms. The number of hydrogen-bond acceptors (Lipinski definition) is 6. The predicted molar refractivity (Wildman–Crippen MR) is 136 cm³/mol. The van der Waals surface area contributed by atoms with Gasteiger partial charge in [0.05, 0.1) is 18.5 Å². The third-order valence-electron chi connectivity index (χ3n) is 5.96. The van der Waals surface area contributed by atoms with Gasteiger partial charge in [0.25, 0.3) is 5.91 Å². The number of esters is 1. The Morgan fingerprint density at radius 1 is 1.00 bits per heavy atom. The number of benzene rings is 2. The number of carbonyl (C=O) groups excluding carboxylic acids is 2. The first-order valence-electron chi connectivity index (χ1n) is 11.3. The Labute approximate surface area is 208 Å². The molecule has 180 valence electrons. The average Bonchev–Trinajstić information content (AvgIpc) is 3.38. The van der Waals surface area contributed by atoms with Crippen molar-refractivity contribution in [2.24, 2.45) is 0 Å². The maximum atomic E-state index is 13.2. The van der Waals surface area contributed by atoms with Crippen LogP contribution in [0.3, 0.4) is 0 Å². The number of thiazole rings is 1. The molecule has 1 N–H and O–H groups in total. The van der Waals surface area contributed by atoms with Crippen LogP contribution in [-0.4, -0.2) is 33.8 Å². The van der Waals surface area contributed by atoms with Gasteiger partial charge < -0.3 is 10.1 Å². The van der Waals surface area contributed by atoms with Gasteiger partial charge in [0.15, 0.2) is 6.04 Å². The largest absolute Gasteiger partial charge is 0.467 e. The van der Waals surface area contributed by atoms with E-state index in [2.05, 4.69) is 41.5 Å². The maximum Gasteiger partial charge on any atom is 0.333 e. The van der Waals surface area contributed by atoms with E-state index in [1.807, 2.05) is 32.0 Å². The molecular weight excluding hydrogens is 460 g/mol. The number of ether oxygens (including phenoxy) is 1. The molecule has 4 aromatic rings. The smallest absolute Gasteiger partial charge is 0.333 e. The summed E-state index contributed by atoms with van der Waals surface area (Å²) in [4.78, 5) is 30.6. The molecule has 7 nitrogen and oxygen atoms in total. The van der Waals surface area contributed by atoms with E-state index in [9.17, 15) is 9.59 Å². The van der Waals surface area contributed by atoms with E-state index in [4.69, 9.17) is 9.84 Å². The molecule has 35 heavy (non-hydrogen) atoms. The van der Waals surface area contributed by atoms with Gasteiger partial charge in [0.1, 0.15) is 4.88 Å². The van der Waals surface area contributed by atoms with Crippen molar-refractivity contribution in [1.29, 1.82) is 0 Å². The Balaban J connectivity index is 1.60. The van der Waals surface area contributed by atoms with Crippen molar-refractivity contribution in [3.8, 4) is 5.13 Å². The quantitative estimate of drug-likeness (QED) is 0.378. The number of amides is 1. The summed E-state index contributed by atoms with van der Waals surface area (Å²) in [6, 6.07) is 16.6. The lowest BCUT2D eigenvalue weighted by Crippen LogP contribution is -2.34. The fourth-order valence-electron chi connectivity index (χ4n) is 3.95. The standard InChI is InChI=1S/C27H28N4O3S/c1-16-11-13-20(14-12-16)15-22-17(2)30-31(19(22)4)27-28-18(3)24(35-27)25(32)29-23(26(33)34-5)21-9-7-6-8-10-21/h6-14,23H,15H2,1-5H3,(H,29,32). The van der Waals surface area contributed by atoms with Crippen LogP contribution >= 0.6 is 11.3 Å². The predicted octanol–water partition coefficient (Wildman–Crippen LogP) is 4.80. The second kappa shape index (κ2) is 10.2. The molecule has 2 heterocycles. The van der Waals surface area contributed by atoms with Crippen molar-refractivity contribution in [3.05, 3.63) is 98.8 Å². The van der Waals surface area contributed by atoms with Gasteiger partial charge >= 0.3 is 5.97 Å². The highest BCUT2D eigenvalue weighted by Gasteiger charge is 2.27. The number of rotatable bonds is 7. The van der Waals surface area contributed by atoms with Crippen LogP contribution in [-0.2, 0) is 16.0 Å². The molecule has 1 unspecified atom stereocenters. The SMILES string of the molecule is COC(=O)C(NC(=O)c1sc(-n2nc(C)c(Cc3ccc(C)cc3)c2C)nc1C)c1ccccc1. The minimum absolute atomic E-state index is 0.382. The molecular formula is C27H28N4O3S. The Kier molecular flexibility index (Phi) is 7.12. The summed E-state index contributed by atoms with van der Waals surface area (Å²) in [5.41, 5.74) is 6.72. The lowest BCUT2D eigenvalue weighted by atomic mass is 10.0. The molecule has 0 saturated heterocycles. The number of aryl methyl sites for hydroxylation is 3. The number of aromatic nitrogens is 3. The molecule has 0 radical (unpaired) electrons. The lowest BCUT2D eigenvalue weighted by Gasteiger charge is -2.16. The molecule has 0 spiro atoms. The zero-order valence-corrected chi connectivity index (χ0v) is 21.3. The first-order chi connectivity index (χ1) is 16.8. The van der Waals surface area contributed by atoms with E-state index < -0.39 is 12.0 Å². The van der Waals surface area contributed by atoms with Crippen molar-refractivity contribution in [1.82, 2.24) is 20.1 Å². The first kappa shape index (κ1) is 24.3. The number of methoxy groups -OCH3 is 1. The van der Waals surface area contributed by atoms with Crippen LogP contribution in [0.25, 0.3) is 5.13 Å². The molecule has 2 aromatic carbocycles. The normalized spacial score (nSPS) is 11.8. The molecule has 4 rings (SSSR count). The minimum Gasteiger partial charge on any atom is -0.467 e. The van der Waals surface area contributed by atoms with Crippen LogP contribution in [0.4, 0.5) is 0 Å². The van der Waals surface area contributed by atoms with E-state index in [0.717, 1.165) is 23.4 Å². The van der Waals surface area contributed by atoms with Crippen molar-refractivity contribution in [2.75, 3.05) is 7.11 Å². The second-order valence-electron chi connectivity index (χ2n) is 8.47. The van der Waals surface area contributed by atoms with Crippen LogP contribution in [0.15, 0.2) is 54.6 Å². The summed E-state index contributed by atoms with van der Waals surface area (Å²) in [5.74, 6) is -0.918. The van der Waals surface area contributed by atoms with Crippen LogP contribution < -0.4 is 5.32 Å². The molecule has 8 heteroatoms. The zero-order valence-electron chi connectivity index (χ0n) is 20.5. The first-order valence-corrected chi connectivity index (χ1v) is 12.1. The monoisotopic (exact) mass is 488 g/mol. The molecule has 1 amide bonds. The molecule has 0 aliphatic rings. The summed E-state index contributed by atoms with van der Waals surface area (Å²) in [5, 5.41) is 8.13. The topological polar surface area (TPSA) is 86.1 Å². The van der Waals surface area contributed by atoms with Crippen molar-refractivity contribution < 1.29 is 14.3 Å². The van der Waals surface area contributed by atoms with Gasteiger partial charge in [-0.25, -0.2) is 14.5 Å². The summed E-state index contributed by atoms with van der Waals surface area (Å²) in [7, 11) is 1.30. The van der Waals surface area contributed by atoms with Gasteiger partial charge in [0, 0.05) is 17.7 Å². The molecule has 1 atom stereocenters. The fraction of sp³-hybridized carbons (Fsp3) is 0.259. The fourth-order valence-corrected chi connectivity index (χ4v) is 4.92. The Bertz CT molecular complexity index is 1360. The minimum atomic E-state index is -0.909. The third kappa shape index (κ3) is 5.17. The summed E-state index contributed by atoms with van der Waals surface area (Å²) in [6.07, 6.45) is 0.771. The molecule has 0 saturated carbocycles. The van der Waals surface area contributed by atoms with E-state index in [0.29, 0.717) is 21.3 Å². The second-order valence-corrected chi connectivity index (χ2v) is 9.45. The van der Waals surface area contributed by atoms with Gasteiger partial charge in [-0.1, -0.05) is 71.5 Å². The van der Waals surface area contributed by atoms with E-state index in [1.165, 1.54) is 29.6 Å². The Morgan fingerprint density at radius 2 is 1.69 bits per heavy atom. The summed E-state index contributed by atoms with van der Waals surface area (Å²) >= 11 is 1.25. The molecule has 0 fully saturated rings. The molecule has 0 aliphatic heterocycles.